The van der Waals surface area contributed by atoms with Crippen molar-refractivity contribution in [2.75, 3.05) is 11.9 Å². The Balaban J connectivity index is 1.64. The molecular formula is C12H12ClN5. The van der Waals surface area contributed by atoms with E-state index in [9.17, 15) is 0 Å². The maximum Gasteiger partial charge on any atom is 0.137 e. The largest absolute Gasteiger partial charge is 0.369 e. The van der Waals surface area contributed by atoms with Crippen molar-refractivity contribution in [3.8, 4) is 0 Å². The molecule has 2 aromatic rings. The molecule has 2 aromatic heterocycles. The number of nitrogens with zero attached hydrogens (tertiary/aromatic N) is 4. The molecule has 0 radical (unpaired) electrons. The molecule has 18 heavy (non-hydrogen) atoms. The predicted octanol–water partition coefficient (Wildman–Crippen LogP) is 2.02. The molecule has 5 nitrogen and oxygen atoms in total. The van der Waals surface area contributed by atoms with Crippen molar-refractivity contribution in [3.05, 3.63) is 35.5 Å². The fourth-order valence-corrected chi connectivity index (χ4v) is 3.29. The number of rotatable bonds is 1. The highest BCUT2D eigenvalue weighted by atomic mass is 35.5. The van der Waals surface area contributed by atoms with Crippen LogP contribution < -0.4 is 5.32 Å². The lowest BCUT2D eigenvalue weighted by molar-refractivity contribution is 0.154. The number of aromatic nitrogens is 4. The van der Waals surface area contributed by atoms with Crippen LogP contribution in [0.4, 0.5) is 5.82 Å². The molecule has 1 N–H and O–H groups in total. The van der Waals surface area contributed by atoms with Gasteiger partial charge < -0.3 is 5.32 Å². The number of nitrogens with one attached hydrogen (secondary N) is 1. The monoisotopic (exact) mass is 261 g/mol. The zero-order valence-electron chi connectivity index (χ0n) is 9.67. The van der Waals surface area contributed by atoms with Crippen LogP contribution in [-0.2, 0) is 5.41 Å². The van der Waals surface area contributed by atoms with E-state index in [1.54, 1.807) is 18.9 Å². The van der Waals surface area contributed by atoms with Gasteiger partial charge >= 0.3 is 0 Å². The molecule has 0 atom stereocenters. The molecule has 4 rings (SSSR count). The number of pyridine rings is 1. The Labute approximate surface area is 109 Å². The minimum absolute atomic E-state index is 0.184. The lowest BCUT2D eigenvalue weighted by atomic mass is 9.63. The summed E-state index contributed by atoms with van der Waals surface area (Å²) in [5.74, 6) is 0.983. The molecule has 1 fully saturated rings. The Morgan fingerprint density at radius 1 is 1.44 bits per heavy atom. The van der Waals surface area contributed by atoms with E-state index >= 15 is 0 Å². The normalized spacial score (nSPS) is 28.8. The van der Waals surface area contributed by atoms with Crippen molar-refractivity contribution in [1.29, 1.82) is 0 Å². The van der Waals surface area contributed by atoms with E-state index in [-0.39, 0.29) is 5.41 Å². The Morgan fingerprint density at radius 2 is 2.33 bits per heavy atom. The molecule has 0 amide bonds. The summed E-state index contributed by atoms with van der Waals surface area (Å²) < 4.78 is 1.95. The molecule has 1 saturated carbocycles. The van der Waals surface area contributed by atoms with Crippen LogP contribution in [0.15, 0.2) is 24.9 Å². The van der Waals surface area contributed by atoms with Gasteiger partial charge in [-0.2, -0.15) is 5.10 Å². The summed E-state index contributed by atoms with van der Waals surface area (Å²) in [5.41, 5.74) is 1.44. The highest BCUT2D eigenvalue weighted by molar-refractivity contribution is 6.30. The van der Waals surface area contributed by atoms with Crippen LogP contribution in [-0.4, -0.2) is 26.3 Å². The number of halogens is 1. The molecule has 1 spiro atoms. The van der Waals surface area contributed by atoms with Gasteiger partial charge in [-0.15, -0.1) is 0 Å². The molecule has 0 unspecified atom stereocenters. The van der Waals surface area contributed by atoms with Crippen LogP contribution in [0.3, 0.4) is 0 Å². The van der Waals surface area contributed by atoms with E-state index in [0.717, 1.165) is 25.2 Å². The highest BCUT2D eigenvalue weighted by Crippen LogP contribution is 2.54. The summed E-state index contributed by atoms with van der Waals surface area (Å²) in [5, 5.41) is 8.29. The van der Waals surface area contributed by atoms with Crippen LogP contribution in [0.5, 0.6) is 0 Å². The quantitative estimate of drug-likeness (QED) is 0.853. The van der Waals surface area contributed by atoms with Gasteiger partial charge in [0.1, 0.15) is 18.5 Å². The van der Waals surface area contributed by atoms with E-state index in [4.69, 9.17) is 11.6 Å². The molecule has 1 aliphatic heterocycles. The lowest BCUT2D eigenvalue weighted by Gasteiger charge is -2.44. The Hall–Kier alpha value is -1.62. The van der Waals surface area contributed by atoms with Crippen LogP contribution >= 0.6 is 11.6 Å². The maximum atomic E-state index is 6.05. The standard InChI is InChI=1S/C12H12ClN5/c13-8-1-10-11(15-4-8)16-5-12(10)2-9(3-12)18-7-14-6-17-18/h1,4,6-7,9H,2-3,5H2,(H,15,16). The molecule has 1 aliphatic carbocycles. The molecule has 0 aromatic carbocycles. The average Bonchev–Trinajstić information content (AvgIpc) is 2.92. The van der Waals surface area contributed by atoms with Gasteiger partial charge in [0.2, 0.25) is 0 Å². The van der Waals surface area contributed by atoms with Gasteiger partial charge in [0, 0.05) is 23.7 Å². The maximum absolute atomic E-state index is 6.05. The topological polar surface area (TPSA) is 55.6 Å². The first-order valence-corrected chi connectivity index (χ1v) is 6.39. The van der Waals surface area contributed by atoms with E-state index < -0.39 is 0 Å². The van der Waals surface area contributed by atoms with Gasteiger partial charge in [-0.05, 0) is 18.9 Å². The van der Waals surface area contributed by atoms with Crippen LogP contribution in [0.25, 0.3) is 0 Å². The third-order valence-corrected chi connectivity index (χ3v) is 4.29. The third-order valence-electron chi connectivity index (χ3n) is 4.08. The van der Waals surface area contributed by atoms with Gasteiger partial charge in [-0.1, -0.05) is 11.6 Å². The van der Waals surface area contributed by atoms with Gasteiger partial charge in [-0.25, -0.2) is 14.6 Å². The smallest absolute Gasteiger partial charge is 0.137 e. The van der Waals surface area contributed by atoms with Crippen molar-refractivity contribution >= 4 is 17.4 Å². The number of fused-ring (bicyclic) bond motifs is 2. The van der Waals surface area contributed by atoms with Crippen LogP contribution in [0, 0.1) is 0 Å². The van der Waals surface area contributed by atoms with E-state index in [1.807, 2.05) is 10.7 Å². The molecule has 0 bridgehead atoms. The highest BCUT2D eigenvalue weighted by Gasteiger charge is 2.51. The van der Waals surface area contributed by atoms with Crippen LogP contribution in [0.2, 0.25) is 5.02 Å². The minimum Gasteiger partial charge on any atom is -0.369 e. The fraction of sp³-hybridized carbons (Fsp3) is 0.417. The summed E-state index contributed by atoms with van der Waals surface area (Å²) in [6.45, 7) is 0.945. The first-order chi connectivity index (χ1) is 8.77. The van der Waals surface area contributed by atoms with E-state index in [1.165, 1.54) is 5.56 Å². The second-order valence-electron chi connectivity index (χ2n) is 5.12. The molecule has 6 heteroatoms. The van der Waals surface area contributed by atoms with Crippen molar-refractivity contribution in [2.45, 2.75) is 24.3 Å². The minimum atomic E-state index is 0.184. The summed E-state index contributed by atoms with van der Waals surface area (Å²) in [6.07, 6.45) is 7.21. The Kier molecular flexibility index (Phi) is 1.97. The van der Waals surface area contributed by atoms with Crippen molar-refractivity contribution < 1.29 is 0 Å². The second kappa shape index (κ2) is 3.45. The molecule has 2 aliphatic rings. The fourth-order valence-electron chi connectivity index (χ4n) is 3.13. The van der Waals surface area contributed by atoms with Gasteiger partial charge in [-0.3, -0.25) is 0 Å². The van der Waals surface area contributed by atoms with Crippen molar-refractivity contribution in [3.63, 3.8) is 0 Å². The third kappa shape index (κ3) is 1.31. The number of hydrogen-bond acceptors (Lipinski definition) is 4. The Bertz CT molecular complexity index is 589. The molecule has 92 valence electrons. The zero-order valence-corrected chi connectivity index (χ0v) is 10.4. The van der Waals surface area contributed by atoms with E-state index in [2.05, 4.69) is 20.4 Å². The van der Waals surface area contributed by atoms with Gasteiger partial charge in [0.05, 0.1) is 11.1 Å². The van der Waals surface area contributed by atoms with Gasteiger partial charge in [0.25, 0.3) is 0 Å². The summed E-state index contributed by atoms with van der Waals surface area (Å²) in [6, 6.07) is 2.49. The molecular weight excluding hydrogens is 250 g/mol. The SMILES string of the molecule is Clc1cnc2c(c1)C1(CN2)CC(n2cncn2)C1. The van der Waals surface area contributed by atoms with E-state index in [0.29, 0.717) is 11.1 Å². The van der Waals surface area contributed by atoms with Crippen molar-refractivity contribution in [1.82, 2.24) is 19.7 Å². The van der Waals surface area contributed by atoms with Crippen LogP contribution in [0.1, 0.15) is 24.4 Å². The first kappa shape index (κ1) is 10.3. The lowest BCUT2D eigenvalue weighted by Crippen LogP contribution is -2.44. The summed E-state index contributed by atoms with van der Waals surface area (Å²) in [7, 11) is 0. The Morgan fingerprint density at radius 3 is 3.11 bits per heavy atom. The molecule has 0 saturated heterocycles. The zero-order chi connectivity index (χ0) is 12.2. The number of anilines is 1. The molecule has 3 heterocycles. The summed E-state index contributed by atoms with van der Waals surface area (Å²) in [4.78, 5) is 8.35. The van der Waals surface area contributed by atoms with Crippen molar-refractivity contribution in [2.24, 2.45) is 0 Å². The average molecular weight is 262 g/mol. The predicted molar refractivity (Wildman–Crippen MR) is 67.7 cm³/mol. The second-order valence-corrected chi connectivity index (χ2v) is 5.56. The number of hydrogen-bond donors (Lipinski definition) is 1. The first-order valence-electron chi connectivity index (χ1n) is 6.01. The summed E-state index contributed by atoms with van der Waals surface area (Å²) >= 11 is 6.05. The van der Waals surface area contributed by atoms with Gasteiger partial charge in [0.15, 0.2) is 0 Å².